The summed E-state index contributed by atoms with van der Waals surface area (Å²) in [5.41, 5.74) is 0.964. The van der Waals surface area contributed by atoms with E-state index in [1.807, 2.05) is 36.4 Å². The minimum absolute atomic E-state index is 0.262. The fraction of sp³-hybridized carbons (Fsp3) is 0.500. The summed E-state index contributed by atoms with van der Waals surface area (Å²) in [5, 5.41) is 10.0. The molecule has 1 heterocycles. The zero-order valence-corrected chi connectivity index (χ0v) is 13.1. The predicted molar refractivity (Wildman–Crippen MR) is 86.4 cm³/mol. The number of hydrogen-bond donors (Lipinski definition) is 1. The van der Waals surface area contributed by atoms with Gasteiger partial charge in [0.1, 0.15) is 6.61 Å². The van der Waals surface area contributed by atoms with Crippen molar-refractivity contribution in [3.05, 3.63) is 48.0 Å². The number of benzene rings is 1. The molecular weight excluding hydrogens is 278 g/mol. The second kappa shape index (κ2) is 8.59. The van der Waals surface area contributed by atoms with Crippen LogP contribution < -0.4 is 0 Å². The topological polar surface area (TPSA) is 49.8 Å². The Bertz CT molecular complexity index is 486. The first-order chi connectivity index (χ1) is 10.7. The molecule has 4 heteroatoms. The van der Waals surface area contributed by atoms with Gasteiger partial charge in [-0.1, -0.05) is 62.2 Å². The highest BCUT2D eigenvalue weighted by molar-refractivity contribution is 5.69. The van der Waals surface area contributed by atoms with Crippen LogP contribution in [0.5, 0.6) is 0 Å². The second-order valence-electron chi connectivity index (χ2n) is 5.65. The highest BCUT2D eigenvalue weighted by atomic mass is 16.6. The van der Waals surface area contributed by atoms with Gasteiger partial charge in [0, 0.05) is 6.54 Å². The van der Waals surface area contributed by atoms with Crippen LogP contribution in [0.4, 0.5) is 4.79 Å². The van der Waals surface area contributed by atoms with E-state index in [2.05, 4.69) is 13.0 Å². The first kappa shape index (κ1) is 16.6. The van der Waals surface area contributed by atoms with Crippen LogP contribution in [0.15, 0.2) is 42.5 Å². The number of amides is 1. The van der Waals surface area contributed by atoms with E-state index in [4.69, 9.17) is 4.74 Å². The number of carbonyl (C=O) groups excluding carboxylic acids is 1. The smallest absolute Gasteiger partial charge is 0.410 e. The van der Waals surface area contributed by atoms with Crippen LogP contribution in [0.1, 0.15) is 38.2 Å². The van der Waals surface area contributed by atoms with E-state index >= 15 is 0 Å². The molecule has 1 aliphatic heterocycles. The van der Waals surface area contributed by atoms with Crippen molar-refractivity contribution in [1.82, 2.24) is 4.90 Å². The lowest BCUT2D eigenvalue weighted by atomic mass is 10.1. The van der Waals surface area contributed by atoms with Gasteiger partial charge in [-0.3, -0.25) is 4.90 Å². The van der Waals surface area contributed by atoms with E-state index in [1.165, 1.54) is 0 Å². The van der Waals surface area contributed by atoms with Crippen LogP contribution in [-0.2, 0) is 11.3 Å². The number of aliphatic hydroxyl groups excluding tert-OH is 1. The summed E-state index contributed by atoms with van der Waals surface area (Å²) in [6, 6.07) is 9.35. The van der Waals surface area contributed by atoms with E-state index in [9.17, 15) is 9.90 Å². The van der Waals surface area contributed by atoms with Crippen molar-refractivity contribution < 1.29 is 14.6 Å². The lowest BCUT2D eigenvalue weighted by Crippen LogP contribution is -2.38. The van der Waals surface area contributed by atoms with Gasteiger partial charge in [-0.15, -0.1) is 0 Å². The molecule has 0 saturated carbocycles. The molecule has 22 heavy (non-hydrogen) atoms. The SMILES string of the molecule is CCCC/C=C/[C@@H]1[C@H](O)CCN1C(=O)OCc1ccccc1. The molecule has 2 atom stereocenters. The Morgan fingerprint density at radius 1 is 1.41 bits per heavy atom. The van der Waals surface area contributed by atoms with E-state index in [1.54, 1.807) is 4.90 Å². The molecule has 2 rings (SSSR count). The molecule has 1 aromatic rings. The number of allylic oxidation sites excluding steroid dienone is 1. The third-order valence-electron chi connectivity index (χ3n) is 3.92. The molecule has 1 amide bonds. The van der Waals surface area contributed by atoms with Crippen LogP contribution in [-0.4, -0.2) is 34.8 Å². The summed E-state index contributed by atoms with van der Waals surface area (Å²) in [4.78, 5) is 13.8. The Labute approximate surface area is 132 Å². The molecule has 1 aliphatic rings. The first-order valence-corrected chi connectivity index (χ1v) is 8.04. The maximum absolute atomic E-state index is 12.2. The van der Waals surface area contributed by atoms with E-state index in [0.29, 0.717) is 13.0 Å². The molecule has 120 valence electrons. The van der Waals surface area contributed by atoms with Gasteiger partial charge in [0.15, 0.2) is 0 Å². The highest BCUT2D eigenvalue weighted by Crippen LogP contribution is 2.21. The maximum Gasteiger partial charge on any atom is 0.410 e. The van der Waals surface area contributed by atoms with Crippen molar-refractivity contribution in [3.63, 3.8) is 0 Å². The molecule has 0 unspecified atom stereocenters. The summed E-state index contributed by atoms with van der Waals surface area (Å²) < 4.78 is 5.36. The summed E-state index contributed by atoms with van der Waals surface area (Å²) in [7, 11) is 0. The molecule has 1 aromatic carbocycles. The number of unbranched alkanes of at least 4 members (excludes halogenated alkanes) is 2. The van der Waals surface area contributed by atoms with Gasteiger partial charge in [0.05, 0.1) is 12.1 Å². The van der Waals surface area contributed by atoms with Gasteiger partial charge in [-0.05, 0) is 18.4 Å². The number of rotatable bonds is 6. The fourth-order valence-corrected chi connectivity index (χ4v) is 2.60. The van der Waals surface area contributed by atoms with Crippen molar-refractivity contribution in [3.8, 4) is 0 Å². The zero-order chi connectivity index (χ0) is 15.8. The number of hydrogen-bond acceptors (Lipinski definition) is 3. The maximum atomic E-state index is 12.2. The molecule has 1 fully saturated rings. The summed E-state index contributed by atoms with van der Waals surface area (Å²) in [6.07, 6.45) is 6.98. The number of nitrogens with zero attached hydrogens (tertiary/aromatic N) is 1. The highest BCUT2D eigenvalue weighted by Gasteiger charge is 2.35. The molecule has 1 N–H and O–H groups in total. The minimum atomic E-state index is -0.498. The number of carbonyl (C=O) groups is 1. The van der Waals surface area contributed by atoms with Gasteiger partial charge in [-0.25, -0.2) is 4.79 Å². The molecule has 0 radical (unpaired) electrons. The molecule has 1 saturated heterocycles. The summed E-state index contributed by atoms with van der Waals surface area (Å²) in [5.74, 6) is 0. The molecule has 4 nitrogen and oxygen atoms in total. The Kier molecular flexibility index (Phi) is 6.46. The monoisotopic (exact) mass is 303 g/mol. The quantitative estimate of drug-likeness (QED) is 0.646. The Balaban J connectivity index is 1.88. The van der Waals surface area contributed by atoms with Crippen molar-refractivity contribution in [2.45, 2.75) is 51.4 Å². The second-order valence-corrected chi connectivity index (χ2v) is 5.65. The molecular formula is C18H25NO3. The number of ether oxygens (including phenoxy) is 1. The van der Waals surface area contributed by atoms with Crippen LogP contribution in [0.25, 0.3) is 0 Å². The number of aliphatic hydroxyl groups is 1. The fourth-order valence-electron chi connectivity index (χ4n) is 2.60. The van der Waals surface area contributed by atoms with Gasteiger partial charge in [0.2, 0.25) is 0 Å². The summed E-state index contributed by atoms with van der Waals surface area (Å²) >= 11 is 0. The standard InChI is InChI=1S/C18H25NO3/c1-2-3-4-8-11-16-17(20)12-13-19(16)18(21)22-14-15-9-6-5-7-10-15/h5-11,16-17,20H,2-4,12-14H2,1H3/b11-8+/t16-,17-/m1/s1. The van der Waals surface area contributed by atoms with Crippen molar-refractivity contribution in [2.75, 3.05) is 6.54 Å². The lowest BCUT2D eigenvalue weighted by molar-refractivity contribution is 0.0833. The third kappa shape index (κ3) is 4.60. The average molecular weight is 303 g/mol. The van der Waals surface area contributed by atoms with Crippen LogP contribution in [0, 0.1) is 0 Å². The van der Waals surface area contributed by atoms with Crippen LogP contribution in [0.2, 0.25) is 0 Å². The molecule has 0 aliphatic carbocycles. The van der Waals surface area contributed by atoms with E-state index in [-0.39, 0.29) is 18.7 Å². The Morgan fingerprint density at radius 3 is 2.91 bits per heavy atom. The van der Waals surface area contributed by atoms with Gasteiger partial charge in [0.25, 0.3) is 0 Å². The van der Waals surface area contributed by atoms with E-state index in [0.717, 1.165) is 24.8 Å². The average Bonchev–Trinajstić information content (AvgIpc) is 2.91. The lowest BCUT2D eigenvalue weighted by Gasteiger charge is -2.23. The Hall–Kier alpha value is -1.81. The van der Waals surface area contributed by atoms with Gasteiger partial charge >= 0.3 is 6.09 Å². The molecule has 0 spiro atoms. The van der Waals surface area contributed by atoms with Crippen LogP contribution >= 0.6 is 0 Å². The number of likely N-dealkylation sites (tertiary alicyclic amines) is 1. The minimum Gasteiger partial charge on any atom is -0.445 e. The molecule has 0 bridgehead atoms. The van der Waals surface area contributed by atoms with Crippen molar-refractivity contribution >= 4 is 6.09 Å². The first-order valence-electron chi connectivity index (χ1n) is 8.04. The van der Waals surface area contributed by atoms with Crippen molar-refractivity contribution in [1.29, 1.82) is 0 Å². The van der Waals surface area contributed by atoms with Gasteiger partial charge < -0.3 is 9.84 Å². The normalized spacial score (nSPS) is 21.5. The molecule has 0 aromatic heterocycles. The summed E-state index contributed by atoms with van der Waals surface area (Å²) in [6.45, 7) is 2.95. The van der Waals surface area contributed by atoms with E-state index < -0.39 is 6.10 Å². The Morgan fingerprint density at radius 2 is 2.18 bits per heavy atom. The van der Waals surface area contributed by atoms with Crippen molar-refractivity contribution in [2.24, 2.45) is 0 Å². The third-order valence-corrected chi connectivity index (χ3v) is 3.92. The predicted octanol–water partition coefficient (Wildman–Crippen LogP) is 3.50. The zero-order valence-electron chi connectivity index (χ0n) is 13.1. The van der Waals surface area contributed by atoms with Crippen LogP contribution in [0.3, 0.4) is 0 Å². The largest absolute Gasteiger partial charge is 0.445 e. The van der Waals surface area contributed by atoms with Gasteiger partial charge in [-0.2, -0.15) is 0 Å².